The number of ether oxygens (including phenoxy) is 1. The fourth-order valence-electron chi connectivity index (χ4n) is 2.91. The predicted molar refractivity (Wildman–Crippen MR) is 90.6 cm³/mol. The van der Waals surface area contributed by atoms with Crippen molar-refractivity contribution in [1.82, 2.24) is 5.32 Å². The number of rotatable bonds is 3. The smallest absolute Gasteiger partial charge is 0.130 e. The Morgan fingerprint density at radius 2 is 2.00 bits per heavy atom. The van der Waals surface area contributed by atoms with Crippen molar-refractivity contribution in [3.05, 3.63) is 53.6 Å². The summed E-state index contributed by atoms with van der Waals surface area (Å²) in [4.78, 5) is 0. The molecule has 0 saturated heterocycles. The zero-order valence-corrected chi connectivity index (χ0v) is 13.3. The van der Waals surface area contributed by atoms with Gasteiger partial charge in [0.25, 0.3) is 0 Å². The molecule has 1 atom stereocenters. The molecule has 3 rings (SSSR count). The number of hydrogen-bond donors (Lipinski definition) is 1. The summed E-state index contributed by atoms with van der Waals surface area (Å²) in [5.41, 5.74) is 4.16. The van der Waals surface area contributed by atoms with Gasteiger partial charge >= 0.3 is 0 Å². The van der Waals surface area contributed by atoms with Crippen LogP contribution in [0.25, 0.3) is 11.1 Å². The Hall–Kier alpha value is -2.02. The van der Waals surface area contributed by atoms with Crippen molar-refractivity contribution >= 4 is 12.4 Å². The summed E-state index contributed by atoms with van der Waals surface area (Å²) in [7, 11) is 1.99. The highest BCUT2D eigenvalue weighted by molar-refractivity contribution is 5.85. The number of nitrogens with zero attached hydrogens (tertiary/aromatic N) is 1. The molecule has 3 nitrogen and oxygen atoms in total. The molecule has 0 radical (unpaired) electrons. The van der Waals surface area contributed by atoms with E-state index in [1.165, 1.54) is 5.56 Å². The highest BCUT2D eigenvalue weighted by atomic mass is 35.5. The van der Waals surface area contributed by atoms with Crippen LogP contribution in [0.4, 0.5) is 0 Å². The minimum Gasteiger partial charge on any atom is -0.493 e. The van der Waals surface area contributed by atoms with Crippen LogP contribution in [-0.4, -0.2) is 20.2 Å². The molecule has 114 valence electrons. The molecule has 1 aliphatic rings. The van der Waals surface area contributed by atoms with E-state index in [9.17, 15) is 0 Å². The van der Waals surface area contributed by atoms with E-state index in [4.69, 9.17) is 10.00 Å². The van der Waals surface area contributed by atoms with Crippen molar-refractivity contribution in [2.75, 3.05) is 20.2 Å². The Kier molecular flexibility index (Phi) is 5.43. The largest absolute Gasteiger partial charge is 0.493 e. The van der Waals surface area contributed by atoms with Gasteiger partial charge < -0.3 is 10.1 Å². The van der Waals surface area contributed by atoms with Crippen molar-refractivity contribution in [2.24, 2.45) is 0 Å². The van der Waals surface area contributed by atoms with Crippen LogP contribution in [-0.2, 0) is 0 Å². The number of nitriles is 1. The molecule has 0 amide bonds. The molecule has 0 spiro atoms. The van der Waals surface area contributed by atoms with E-state index in [0.717, 1.165) is 36.4 Å². The molecule has 2 aromatic carbocycles. The van der Waals surface area contributed by atoms with Crippen LogP contribution < -0.4 is 10.1 Å². The monoisotopic (exact) mass is 314 g/mol. The van der Waals surface area contributed by atoms with Crippen LogP contribution in [0.5, 0.6) is 5.75 Å². The fourth-order valence-corrected chi connectivity index (χ4v) is 2.91. The standard InChI is InChI=1S/C18H18N2O.ClH/c1-20-12-15-9-10-21-18-16(3-2-4-17(15)18)14-7-5-13(11-19)6-8-14;/h2-8,15,20H,9-10,12H2,1H3;1H. The quantitative estimate of drug-likeness (QED) is 0.939. The second-order valence-corrected chi connectivity index (χ2v) is 5.30. The Morgan fingerprint density at radius 3 is 2.68 bits per heavy atom. The maximum atomic E-state index is 8.90. The third kappa shape index (κ3) is 3.09. The van der Waals surface area contributed by atoms with E-state index in [2.05, 4.69) is 29.6 Å². The van der Waals surface area contributed by atoms with Gasteiger partial charge in [0.15, 0.2) is 0 Å². The summed E-state index contributed by atoms with van der Waals surface area (Å²) in [5.74, 6) is 1.49. The lowest BCUT2D eigenvalue weighted by Gasteiger charge is -2.27. The van der Waals surface area contributed by atoms with Crippen molar-refractivity contribution in [3.63, 3.8) is 0 Å². The topological polar surface area (TPSA) is 45.0 Å². The third-order valence-electron chi connectivity index (χ3n) is 3.97. The molecule has 1 unspecified atom stereocenters. The maximum Gasteiger partial charge on any atom is 0.130 e. The molecule has 0 saturated carbocycles. The molecule has 1 N–H and O–H groups in total. The van der Waals surface area contributed by atoms with Gasteiger partial charge in [0.2, 0.25) is 0 Å². The van der Waals surface area contributed by atoms with E-state index in [1.54, 1.807) is 0 Å². The lowest BCUT2D eigenvalue weighted by Crippen LogP contribution is -2.23. The normalized spacial score (nSPS) is 15.9. The first-order valence-corrected chi connectivity index (χ1v) is 7.24. The molecular formula is C18H19ClN2O. The summed E-state index contributed by atoms with van der Waals surface area (Å²) in [6.07, 6.45) is 1.05. The average Bonchev–Trinajstić information content (AvgIpc) is 2.55. The molecule has 0 aromatic heterocycles. The van der Waals surface area contributed by atoms with Crippen LogP contribution >= 0.6 is 12.4 Å². The highest BCUT2D eigenvalue weighted by Gasteiger charge is 2.23. The Labute approximate surface area is 137 Å². The molecule has 1 heterocycles. The van der Waals surface area contributed by atoms with Crippen LogP contribution in [0.3, 0.4) is 0 Å². The number of halogens is 1. The van der Waals surface area contributed by atoms with Gasteiger partial charge in [-0.3, -0.25) is 0 Å². The molecule has 0 aliphatic carbocycles. The lowest BCUT2D eigenvalue weighted by atomic mass is 9.89. The zero-order chi connectivity index (χ0) is 14.7. The number of nitrogens with one attached hydrogen (secondary N) is 1. The van der Waals surface area contributed by atoms with E-state index >= 15 is 0 Å². The number of likely N-dealkylation sites (N-methyl/N-ethyl adjacent to an activating group) is 1. The predicted octanol–water partition coefficient (Wildman–Crippen LogP) is 3.73. The summed E-state index contributed by atoms with van der Waals surface area (Å²) in [5, 5.41) is 12.2. The van der Waals surface area contributed by atoms with Crippen LogP contribution in [0, 0.1) is 11.3 Å². The third-order valence-corrected chi connectivity index (χ3v) is 3.97. The minimum absolute atomic E-state index is 0. The van der Waals surface area contributed by atoms with Crippen LogP contribution in [0.1, 0.15) is 23.5 Å². The molecule has 0 bridgehead atoms. The van der Waals surface area contributed by atoms with Crippen LogP contribution in [0.15, 0.2) is 42.5 Å². The van der Waals surface area contributed by atoms with E-state index < -0.39 is 0 Å². The lowest BCUT2D eigenvalue weighted by molar-refractivity contribution is 0.267. The molecule has 4 heteroatoms. The molecule has 1 aliphatic heterocycles. The van der Waals surface area contributed by atoms with Gasteiger partial charge in [-0.1, -0.05) is 30.3 Å². The summed E-state index contributed by atoms with van der Waals surface area (Å²) in [6.45, 7) is 1.72. The number of para-hydroxylation sites is 1. The van der Waals surface area contributed by atoms with Gasteiger partial charge in [0, 0.05) is 18.0 Å². The fraction of sp³-hybridized carbons (Fsp3) is 0.278. The second-order valence-electron chi connectivity index (χ2n) is 5.30. The van der Waals surface area contributed by atoms with Crippen molar-refractivity contribution in [2.45, 2.75) is 12.3 Å². The van der Waals surface area contributed by atoms with E-state index in [0.29, 0.717) is 11.5 Å². The van der Waals surface area contributed by atoms with Crippen molar-refractivity contribution in [3.8, 4) is 22.9 Å². The zero-order valence-electron chi connectivity index (χ0n) is 12.5. The van der Waals surface area contributed by atoms with Gasteiger partial charge in [0.1, 0.15) is 5.75 Å². The van der Waals surface area contributed by atoms with Crippen molar-refractivity contribution in [1.29, 1.82) is 5.26 Å². The first-order valence-electron chi connectivity index (χ1n) is 7.24. The van der Waals surface area contributed by atoms with Gasteiger partial charge in [-0.2, -0.15) is 5.26 Å². The Morgan fingerprint density at radius 1 is 1.23 bits per heavy atom. The molecule has 2 aromatic rings. The van der Waals surface area contributed by atoms with Gasteiger partial charge in [0.05, 0.1) is 18.2 Å². The summed E-state index contributed by atoms with van der Waals surface area (Å²) in [6, 6.07) is 16.2. The van der Waals surface area contributed by atoms with Crippen LogP contribution in [0.2, 0.25) is 0 Å². The first kappa shape index (κ1) is 16.4. The first-order chi connectivity index (χ1) is 10.3. The number of fused-ring (bicyclic) bond motifs is 1. The van der Waals surface area contributed by atoms with Crippen molar-refractivity contribution < 1.29 is 4.74 Å². The number of benzene rings is 2. The Balaban J connectivity index is 0.00000176. The Bertz CT molecular complexity index is 676. The van der Waals surface area contributed by atoms with Gasteiger partial charge in [-0.25, -0.2) is 0 Å². The second kappa shape index (κ2) is 7.31. The molecular weight excluding hydrogens is 296 g/mol. The SMILES string of the molecule is CNCC1CCOc2c(-c3ccc(C#N)cc3)cccc21.Cl. The van der Waals surface area contributed by atoms with E-state index in [-0.39, 0.29) is 12.4 Å². The van der Waals surface area contributed by atoms with E-state index in [1.807, 2.05) is 31.3 Å². The van der Waals surface area contributed by atoms with Gasteiger partial charge in [-0.05, 0) is 36.7 Å². The number of hydrogen-bond acceptors (Lipinski definition) is 3. The van der Waals surface area contributed by atoms with Gasteiger partial charge in [-0.15, -0.1) is 12.4 Å². The maximum absolute atomic E-state index is 8.90. The molecule has 0 fully saturated rings. The minimum atomic E-state index is 0. The summed E-state index contributed by atoms with van der Waals surface area (Å²) < 4.78 is 5.95. The highest BCUT2D eigenvalue weighted by Crippen LogP contribution is 2.40. The summed E-state index contributed by atoms with van der Waals surface area (Å²) >= 11 is 0. The average molecular weight is 315 g/mol. The molecule has 22 heavy (non-hydrogen) atoms.